The molecule has 0 aromatic heterocycles. The molecule has 0 saturated carbocycles. The van der Waals surface area contributed by atoms with Crippen molar-refractivity contribution in [2.24, 2.45) is 0 Å². The van der Waals surface area contributed by atoms with Crippen LogP contribution in [0.2, 0.25) is 0 Å². The molecule has 0 fully saturated rings. The number of hydrogen-bond acceptors (Lipinski definition) is 5. The number of anilines is 1. The fraction of sp³-hybridized carbons (Fsp3) is 0.190. The molecule has 0 saturated heterocycles. The summed E-state index contributed by atoms with van der Waals surface area (Å²) < 4.78 is 23.9. The van der Waals surface area contributed by atoms with Gasteiger partial charge in [-0.3, -0.25) is 14.4 Å². The standard InChI is InChI=1S/C21H18FNO5/c1-12(24)23-17-11-15(22)7-8-16(17)19(21(23)26)20(28-3)14-6-4-5-13(9-14)10-18(25)27-2/h4-9,11H,10H2,1-3H3/b20-19+. The van der Waals surface area contributed by atoms with Crippen molar-refractivity contribution in [2.75, 3.05) is 19.1 Å². The lowest BCUT2D eigenvalue weighted by molar-refractivity contribution is -0.139. The molecule has 0 N–H and O–H groups in total. The van der Waals surface area contributed by atoms with Gasteiger partial charge in [-0.05, 0) is 29.8 Å². The SMILES string of the molecule is COC(=O)Cc1cccc(/C(OC)=C2\C(=O)N(C(C)=O)c3cc(F)ccc32)c1. The fourth-order valence-electron chi connectivity index (χ4n) is 3.20. The Labute approximate surface area is 161 Å². The number of carbonyl (C=O) groups excluding carboxylic acids is 3. The van der Waals surface area contributed by atoms with Gasteiger partial charge in [0.2, 0.25) is 5.91 Å². The van der Waals surface area contributed by atoms with Crippen molar-refractivity contribution in [3.05, 3.63) is 65.0 Å². The zero-order chi connectivity index (χ0) is 20.4. The van der Waals surface area contributed by atoms with Crippen LogP contribution in [0.15, 0.2) is 42.5 Å². The number of methoxy groups -OCH3 is 2. The number of rotatable bonds is 4. The number of esters is 1. The first kappa shape index (κ1) is 19.3. The summed E-state index contributed by atoms with van der Waals surface area (Å²) in [5.74, 6) is -1.85. The largest absolute Gasteiger partial charge is 0.495 e. The van der Waals surface area contributed by atoms with Gasteiger partial charge in [0, 0.05) is 18.1 Å². The van der Waals surface area contributed by atoms with E-state index in [1.165, 1.54) is 33.3 Å². The number of benzene rings is 2. The normalized spacial score (nSPS) is 14.6. The summed E-state index contributed by atoms with van der Waals surface area (Å²) in [7, 11) is 2.71. The molecular formula is C21H18FNO5. The monoisotopic (exact) mass is 383 g/mol. The number of ether oxygens (including phenoxy) is 2. The lowest BCUT2D eigenvalue weighted by Crippen LogP contribution is -2.31. The molecule has 0 unspecified atom stereocenters. The number of carbonyl (C=O) groups is 3. The number of nitrogens with zero attached hydrogens (tertiary/aromatic N) is 1. The quantitative estimate of drug-likeness (QED) is 0.461. The van der Waals surface area contributed by atoms with E-state index in [-0.39, 0.29) is 23.4 Å². The van der Waals surface area contributed by atoms with Gasteiger partial charge in [0.05, 0.1) is 31.9 Å². The molecule has 1 heterocycles. The molecule has 0 radical (unpaired) electrons. The summed E-state index contributed by atoms with van der Waals surface area (Å²) in [6.45, 7) is 1.24. The Morgan fingerprint density at radius 1 is 1.07 bits per heavy atom. The predicted octanol–water partition coefficient (Wildman–Crippen LogP) is 2.95. The van der Waals surface area contributed by atoms with Crippen molar-refractivity contribution in [1.29, 1.82) is 0 Å². The van der Waals surface area contributed by atoms with E-state index in [0.29, 0.717) is 16.7 Å². The predicted molar refractivity (Wildman–Crippen MR) is 101 cm³/mol. The molecule has 1 aliphatic heterocycles. The molecule has 2 aromatic rings. The number of halogens is 1. The maximum atomic E-state index is 13.7. The molecule has 0 spiro atoms. The lowest BCUT2D eigenvalue weighted by Gasteiger charge is -2.13. The molecule has 7 heteroatoms. The first-order chi connectivity index (χ1) is 13.4. The highest BCUT2D eigenvalue weighted by molar-refractivity contribution is 6.42. The minimum absolute atomic E-state index is 0.0615. The van der Waals surface area contributed by atoms with Gasteiger partial charge in [-0.15, -0.1) is 0 Å². The molecule has 0 atom stereocenters. The highest BCUT2D eigenvalue weighted by Gasteiger charge is 2.38. The molecule has 3 rings (SSSR count). The van der Waals surface area contributed by atoms with Crippen LogP contribution in [0.5, 0.6) is 0 Å². The van der Waals surface area contributed by atoms with Gasteiger partial charge in [-0.25, -0.2) is 9.29 Å². The van der Waals surface area contributed by atoms with Crippen LogP contribution in [0.1, 0.15) is 23.6 Å². The Balaban J connectivity index is 2.18. The van der Waals surface area contributed by atoms with Gasteiger partial charge in [-0.1, -0.05) is 18.2 Å². The van der Waals surface area contributed by atoms with Crippen LogP contribution >= 0.6 is 0 Å². The highest BCUT2D eigenvalue weighted by atomic mass is 19.1. The van der Waals surface area contributed by atoms with Crippen molar-refractivity contribution in [2.45, 2.75) is 13.3 Å². The maximum absolute atomic E-state index is 13.7. The number of hydrogen-bond donors (Lipinski definition) is 0. The van der Waals surface area contributed by atoms with Crippen molar-refractivity contribution in [3.8, 4) is 0 Å². The number of amides is 2. The Kier molecular flexibility index (Phi) is 5.26. The molecule has 28 heavy (non-hydrogen) atoms. The second-order valence-electron chi connectivity index (χ2n) is 6.18. The number of fused-ring (bicyclic) bond motifs is 1. The van der Waals surface area contributed by atoms with Gasteiger partial charge >= 0.3 is 5.97 Å². The summed E-state index contributed by atoms with van der Waals surface area (Å²) in [4.78, 5) is 37.4. The van der Waals surface area contributed by atoms with Crippen LogP contribution in [0.3, 0.4) is 0 Å². The van der Waals surface area contributed by atoms with Gasteiger partial charge < -0.3 is 9.47 Å². The summed E-state index contributed by atoms with van der Waals surface area (Å²) in [5, 5.41) is 0. The van der Waals surface area contributed by atoms with E-state index in [1.807, 2.05) is 0 Å². The first-order valence-electron chi connectivity index (χ1n) is 8.46. The molecule has 0 bridgehead atoms. The second kappa shape index (κ2) is 7.64. The first-order valence-corrected chi connectivity index (χ1v) is 8.46. The summed E-state index contributed by atoms with van der Waals surface area (Å²) in [5.41, 5.74) is 1.95. The van der Waals surface area contributed by atoms with E-state index in [2.05, 4.69) is 4.74 Å². The van der Waals surface area contributed by atoms with Gasteiger partial charge in [0.25, 0.3) is 5.91 Å². The van der Waals surface area contributed by atoms with Crippen LogP contribution in [-0.4, -0.2) is 32.0 Å². The van der Waals surface area contributed by atoms with E-state index in [9.17, 15) is 18.8 Å². The van der Waals surface area contributed by atoms with Crippen LogP contribution in [-0.2, 0) is 30.3 Å². The third kappa shape index (κ3) is 3.38. The molecular weight excluding hydrogens is 365 g/mol. The minimum atomic E-state index is -0.594. The van der Waals surface area contributed by atoms with E-state index < -0.39 is 23.6 Å². The second-order valence-corrected chi connectivity index (χ2v) is 6.18. The van der Waals surface area contributed by atoms with Crippen molar-refractivity contribution >= 4 is 34.8 Å². The van der Waals surface area contributed by atoms with Crippen LogP contribution < -0.4 is 4.90 Å². The Hall–Kier alpha value is -3.48. The fourth-order valence-corrected chi connectivity index (χ4v) is 3.20. The average molecular weight is 383 g/mol. The molecule has 0 aliphatic carbocycles. The Bertz CT molecular complexity index is 1010. The Morgan fingerprint density at radius 2 is 1.82 bits per heavy atom. The maximum Gasteiger partial charge on any atom is 0.309 e. The minimum Gasteiger partial charge on any atom is -0.495 e. The molecule has 144 valence electrons. The van der Waals surface area contributed by atoms with Gasteiger partial charge in [-0.2, -0.15) is 0 Å². The van der Waals surface area contributed by atoms with Crippen LogP contribution in [0.4, 0.5) is 10.1 Å². The van der Waals surface area contributed by atoms with E-state index in [0.717, 1.165) is 11.0 Å². The molecule has 2 aromatic carbocycles. The average Bonchev–Trinajstić information content (AvgIpc) is 2.94. The Morgan fingerprint density at radius 3 is 2.46 bits per heavy atom. The smallest absolute Gasteiger partial charge is 0.309 e. The summed E-state index contributed by atoms with van der Waals surface area (Å²) >= 11 is 0. The van der Waals surface area contributed by atoms with Crippen molar-refractivity contribution in [1.82, 2.24) is 0 Å². The topological polar surface area (TPSA) is 72.9 Å². The molecule has 2 amide bonds. The summed E-state index contributed by atoms with van der Waals surface area (Å²) in [6, 6.07) is 10.7. The van der Waals surface area contributed by atoms with Crippen molar-refractivity contribution < 1.29 is 28.2 Å². The third-order valence-corrected chi connectivity index (χ3v) is 4.40. The summed E-state index contributed by atoms with van der Waals surface area (Å²) in [6.07, 6.45) is 0.0615. The van der Waals surface area contributed by atoms with Crippen molar-refractivity contribution in [3.63, 3.8) is 0 Å². The van der Waals surface area contributed by atoms with Gasteiger partial charge in [0.1, 0.15) is 11.6 Å². The van der Waals surface area contributed by atoms with Crippen LogP contribution in [0, 0.1) is 5.82 Å². The molecule has 6 nitrogen and oxygen atoms in total. The molecule has 1 aliphatic rings. The van der Waals surface area contributed by atoms with Crippen LogP contribution in [0.25, 0.3) is 11.3 Å². The van der Waals surface area contributed by atoms with E-state index >= 15 is 0 Å². The van der Waals surface area contributed by atoms with E-state index in [1.54, 1.807) is 24.3 Å². The number of imide groups is 1. The lowest BCUT2D eigenvalue weighted by atomic mass is 10.00. The third-order valence-electron chi connectivity index (χ3n) is 4.40. The highest BCUT2D eigenvalue weighted by Crippen LogP contribution is 2.41. The van der Waals surface area contributed by atoms with E-state index in [4.69, 9.17) is 4.74 Å². The van der Waals surface area contributed by atoms with Gasteiger partial charge in [0.15, 0.2) is 0 Å². The zero-order valence-corrected chi connectivity index (χ0v) is 15.6. The zero-order valence-electron chi connectivity index (χ0n) is 15.6.